The summed E-state index contributed by atoms with van der Waals surface area (Å²) < 4.78 is 11.0. The predicted octanol–water partition coefficient (Wildman–Crippen LogP) is 4.37. The molecule has 0 spiro atoms. The second-order valence-corrected chi connectivity index (χ2v) is 6.97. The molecule has 0 saturated carbocycles. The Labute approximate surface area is 125 Å². The van der Waals surface area contributed by atoms with Gasteiger partial charge < -0.3 is 9.79 Å². The minimum atomic E-state index is -3.99. The lowest BCUT2D eigenvalue weighted by atomic mass is 10.0. The Morgan fingerprint density at radius 1 is 0.857 bits per heavy atom. The van der Waals surface area contributed by atoms with Crippen LogP contribution in [0.5, 0.6) is 0 Å². The molecular formula is C17H21O3P. The van der Waals surface area contributed by atoms with Gasteiger partial charge in [-0.3, -0.25) is 4.57 Å². The van der Waals surface area contributed by atoms with Gasteiger partial charge in [0, 0.05) is 0 Å². The van der Waals surface area contributed by atoms with Gasteiger partial charge in [0.15, 0.2) is 0 Å². The SMILES string of the molecule is CCCCc1ccc(-c2ccc(CP(=O)(O)O)cc2)cc1. The molecule has 2 aromatic carbocycles. The lowest BCUT2D eigenvalue weighted by Crippen LogP contribution is -1.88. The average Bonchev–Trinajstić information content (AvgIpc) is 2.45. The molecule has 0 radical (unpaired) electrons. The van der Waals surface area contributed by atoms with Crippen LogP contribution < -0.4 is 0 Å². The highest BCUT2D eigenvalue weighted by molar-refractivity contribution is 7.50. The Bertz CT molecular complexity index is 611. The topological polar surface area (TPSA) is 57.5 Å². The van der Waals surface area contributed by atoms with Crippen molar-refractivity contribution >= 4 is 7.60 Å². The van der Waals surface area contributed by atoms with Crippen LogP contribution in [0, 0.1) is 0 Å². The zero-order chi connectivity index (χ0) is 15.3. The largest absolute Gasteiger partial charge is 0.329 e. The van der Waals surface area contributed by atoms with Crippen molar-refractivity contribution in [2.24, 2.45) is 0 Å². The van der Waals surface area contributed by atoms with Crippen LogP contribution in [0.4, 0.5) is 0 Å². The van der Waals surface area contributed by atoms with Crippen molar-refractivity contribution in [1.29, 1.82) is 0 Å². The van der Waals surface area contributed by atoms with E-state index in [0.717, 1.165) is 17.5 Å². The van der Waals surface area contributed by atoms with Gasteiger partial charge in [-0.2, -0.15) is 0 Å². The van der Waals surface area contributed by atoms with Crippen molar-refractivity contribution < 1.29 is 14.4 Å². The van der Waals surface area contributed by atoms with Gasteiger partial charge in [0.2, 0.25) is 0 Å². The summed E-state index contributed by atoms with van der Waals surface area (Å²) in [5, 5.41) is 0. The molecule has 0 amide bonds. The van der Waals surface area contributed by atoms with Gasteiger partial charge in [-0.15, -0.1) is 0 Å². The lowest BCUT2D eigenvalue weighted by molar-refractivity contribution is 0.371. The van der Waals surface area contributed by atoms with Crippen LogP contribution in [0.2, 0.25) is 0 Å². The fraction of sp³-hybridized carbons (Fsp3) is 0.294. The molecule has 2 aromatic rings. The van der Waals surface area contributed by atoms with Crippen LogP contribution in [0.3, 0.4) is 0 Å². The Kier molecular flexibility index (Phi) is 5.35. The second kappa shape index (κ2) is 7.04. The minimum absolute atomic E-state index is 0.205. The van der Waals surface area contributed by atoms with Gasteiger partial charge in [-0.1, -0.05) is 61.9 Å². The summed E-state index contributed by atoms with van der Waals surface area (Å²) in [5.74, 6) is 0. The maximum Gasteiger partial charge on any atom is 0.329 e. The molecule has 0 aliphatic heterocycles. The minimum Gasteiger partial charge on any atom is -0.324 e. The standard InChI is InChI=1S/C17H21O3P/c1-2-3-4-14-5-9-16(10-6-14)17-11-7-15(8-12-17)13-21(18,19)20/h5-12H,2-4,13H2,1H3,(H2,18,19,20). The molecule has 0 heterocycles. The maximum absolute atomic E-state index is 11.0. The molecule has 4 heteroatoms. The molecule has 0 aliphatic rings. The number of hydrogen-bond acceptors (Lipinski definition) is 1. The van der Waals surface area contributed by atoms with Crippen molar-refractivity contribution in [3.63, 3.8) is 0 Å². The number of aryl methyl sites for hydroxylation is 1. The van der Waals surface area contributed by atoms with Gasteiger partial charge >= 0.3 is 7.60 Å². The van der Waals surface area contributed by atoms with E-state index in [4.69, 9.17) is 9.79 Å². The van der Waals surface area contributed by atoms with Crippen molar-refractivity contribution in [2.75, 3.05) is 0 Å². The third-order valence-electron chi connectivity index (χ3n) is 3.45. The summed E-state index contributed by atoms with van der Waals surface area (Å²) in [6, 6.07) is 15.9. The first-order chi connectivity index (χ1) is 9.98. The molecule has 0 aromatic heterocycles. The van der Waals surface area contributed by atoms with Crippen LogP contribution in [-0.4, -0.2) is 9.79 Å². The molecule has 3 nitrogen and oxygen atoms in total. The van der Waals surface area contributed by atoms with E-state index in [1.54, 1.807) is 12.1 Å². The average molecular weight is 304 g/mol. The van der Waals surface area contributed by atoms with Gasteiger partial charge in [0.05, 0.1) is 6.16 Å². The number of hydrogen-bond donors (Lipinski definition) is 2. The zero-order valence-electron chi connectivity index (χ0n) is 12.2. The molecular weight excluding hydrogens is 283 g/mol. The van der Waals surface area contributed by atoms with E-state index in [-0.39, 0.29) is 6.16 Å². The zero-order valence-corrected chi connectivity index (χ0v) is 13.1. The van der Waals surface area contributed by atoms with Crippen LogP contribution in [0.25, 0.3) is 11.1 Å². The van der Waals surface area contributed by atoms with E-state index in [2.05, 4.69) is 31.2 Å². The van der Waals surface area contributed by atoms with Gasteiger partial charge in [0.1, 0.15) is 0 Å². The fourth-order valence-electron chi connectivity index (χ4n) is 2.29. The van der Waals surface area contributed by atoms with Crippen LogP contribution >= 0.6 is 7.60 Å². The molecule has 0 atom stereocenters. The monoisotopic (exact) mass is 304 g/mol. The number of unbranched alkanes of at least 4 members (excludes halogenated alkanes) is 1. The van der Waals surface area contributed by atoms with Crippen molar-refractivity contribution in [3.8, 4) is 11.1 Å². The number of rotatable bonds is 6. The summed E-state index contributed by atoms with van der Waals surface area (Å²) in [6.45, 7) is 2.19. The second-order valence-electron chi connectivity index (χ2n) is 5.32. The van der Waals surface area contributed by atoms with E-state index in [1.165, 1.54) is 18.4 Å². The molecule has 0 unspecified atom stereocenters. The van der Waals surface area contributed by atoms with E-state index < -0.39 is 7.60 Å². The lowest BCUT2D eigenvalue weighted by Gasteiger charge is -2.07. The molecule has 0 saturated heterocycles. The van der Waals surface area contributed by atoms with E-state index in [1.807, 2.05) is 12.1 Å². The Hall–Kier alpha value is -1.41. The highest BCUT2D eigenvalue weighted by Crippen LogP contribution is 2.39. The molecule has 2 N–H and O–H groups in total. The summed E-state index contributed by atoms with van der Waals surface area (Å²) in [6.07, 6.45) is 3.31. The van der Waals surface area contributed by atoms with Crippen LogP contribution in [-0.2, 0) is 17.1 Å². The predicted molar refractivity (Wildman–Crippen MR) is 86.2 cm³/mol. The highest BCUT2D eigenvalue weighted by Gasteiger charge is 2.13. The first kappa shape index (κ1) is 16.0. The summed E-state index contributed by atoms with van der Waals surface area (Å²) >= 11 is 0. The van der Waals surface area contributed by atoms with Gasteiger partial charge in [-0.05, 0) is 35.1 Å². The molecule has 0 bridgehead atoms. The summed E-state index contributed by atoms with van der Waals surface area (Å²) in [4.78, 5) is 17.9. The smallest absolute Gasteiger partial charge is 0.324 e. The van der Waals surface area contributed by atoms with Crippen LogP contribution in [0.1, 0.15) is 30.9 Å². The van der Waals surface area contributed by atoms with E-state index in [9.17, 15) is 4.57 Å². The van der Waals surface area contributed by atoms with Gasteiger partial charge in [-0.25, -0.2) is 0 Å². The Morgan fingerprint density at radius 3 is 1.76 bits per heavy atom. The summed E-state index contributed by atoms with van der Waals surface area (Å²) in [5.41, 5.74) is 4.19. The normalized spacial score (nSPS) is 11.6. The molecule has 0 aliphatic carbocycles. The fourth-order valence-corrected chi connectivity index (χ4v) is 2.97. The molecule has 112 valence electrons. The highest BCUT2D eigenvalue weighted by atomic mass is 31.2. The number of benzene rings is 2. The van der Waals surface area contributed by atoms with Crippen molar-refractivity contribution in [1.82, 2.24) is 0 Å². The summed E-state index contributed by atoms with van der Waals surface area (Å²) in [7, 11) is -3.99. The third kappa shape index (κ3) is 5.13. The first-order valence-electron chi connectivity index (χ1n) is 7.21. The van der Waals surface area contributed by atoms with E-state index >= 15 is 0 Å². The Morgan fingerprint density at radius 2 is 1.33 bits per heavy atom. The molecule has 0 fully saturated rings. The van der Waals surface area contributed by atoms with Gasteiger partial charge in [0.25, 0.3) is 0 Å². The third-order valence-corrected chi connectivity index (χ3v) is 4.23. The Balaban J connectivity index is 2.09. The van der Waals surface area contributed by atoms with Crippen molar-refractivity contribution in [3.05, 3.63) is 59.7 Å². The molecule has 2 rings (SSSR count). The quantitative estimate of drug-likeness (QED) is 0.779. The maximum atomic E-state index is 11.0. The van der Waals surface area contributed by atoms with E-state index in [0.29, 0.717) is 5.56 Å². The molecule has 21 heavy (non-hydrogen) atoms. The first-order valence-corrected chi connectivity index (χ1v) is 9.00. The van der Waals surface area contributed by atoms with Crippen molar-refractivity contribution in [2.45, 2.75) is 32.3 Å². The van der Waals surface area contributed by atoms with Crippen LogP contribution in [0.15, 0.2) is 48.5 Å².